The molecule has 1 heterocycles. The van der Waals surface area contributed by atoms with Crippen LogP contribution in [0.25, 0.3) is 0 Å². The molecule has 7 heteroatoms. The SMILES string of the molecule is CCN(CC)C(=O)COC(=O)c1ccc2c(c1)NC(=O)CCS2. The molecule has 0 fully saturated rings. The lowest BCUT2D eigenvalue weighted by atomic mass is 10.2. The van der Waals surface area contributed by atoms with Crippen molar-refractivity contribution in [2.45, 2.75) is 25.2 Å². The molecule has 1 aromatic rings. The maximum atomic E-state index is 12.1. The predicted octanol–water partition coefficient (Wildman–Crippen LogP) is 2.15. The number of esters is 1. The first kappa shape index (κ1) is 17.3. The Balaban J connectivity index is 2.03. The van der Waals surface area contributed by atoms with Gasteiger partial charge in [-0.05, 0) is 32.0 Å². The molecule has 0 aliphatic carbocycles. The van der Waals surface area contributed by atoms with Crippen LogP contribution in [0.15, 0.2) is 23.1 Å². The summed E-state index contributed by atoms with van der Waals surface area (Å²) in [6.07, 6.45) is 0.442. The molecule has 1 aromatic carbocycles. The zero-order chi connectivity index (χ0) is 16.8. The molecule has 2 amide bonds. The summed E-state index contributed by atoms with van der Waals surface area (Å²) in [5, 5.41) is 2.78. The molecule has 0 bridgehead atoms. The monoisotopic (exact) mass is 336 g/mol. The van der Waals surface area contributed by atoms with Crippen LogP contribution in [0.3, 0.4) is 0 Å². The van der Waals surface area contributed by atoms with E-state index in [-0.39, 0.29) is 18.4 Å². The van der Waals surface area contributed by atoms with Crippen LogP contribution in [-0.2, 0) is 14.3 Å². The van der Waals surface area contributed by atoms with Gasteiger partial charge in [0.1, 0.15) is 0 Å². The van der Waals surface area contributed by atoms with Crippen molar-refractivity contribution in [3.63, 3.8) is 0 Å². The van der Waals surface area contributed by atoms with Gasteiger partial charge in [0.05, 0.1) is 11.3 Å². The van der Waals surface area contributed by atoms with E-state index in [2.05, 4.69) is 5.32 Å². The van der Waals surface area contributed by atoms with Crippen LogP contribution in [0.4, 0.5) is 5.69 Å². The van der Waals surface area contributed by atoms with Gasteiger partial charge in [-0.2, -0.15) is 0 Å². The molecular weight excluding hydrogens is 316 g/mol. The van der Waals surface area contributed by atoms with Crippen molar-refractivity contribution < 1.29 is 19.1 Å². The Bertz CT molecular complexity index is 614. The van der Waals surface area contributed by atoms with Crippen molar-refractivity contribution in [2.24, 2.45) is 0 Å². The van der Waals surface area contributed by atoms with Gasteiger partial charge in [-0.15, -0.1) is 11.8 Å². The van der Waals surface area contributed by atoms with E-state index < -0.39 is 5.97 Å². The smallest absolute Gasteiger partial charge is 0.338 e. The summed E-state index contributed by atoms with van der Waals surface area (Å²) < 4.78 is 5.07. The molecule has 1 aliphatic rings. The number of thioether (sulfide) groups is 1. The number of benzene rings is 1. The number of hydrogen-bond acceptors (Lipinski definition) is 5. The fourth-order valence-electron chi connectivity index (χ4n) is 2.23. The molecule has 0 unspecified atom stereocenters. The highest BCUT2D eigenvalue weighted by molar-refractivity contribution is 7.99. The number of fused-ring (bicyclic) bond motifs is 1. The second-order valence-electron chi connectivity index (χ2n) is 5.00. The molecule has 0 saturated carbocycles. The minimum Gasteiger partial charge on any atom is -0.452 e. The molecule has 1 aliphatic heterocycles. The van der Waals surface area contributed by atoms with Crippen LogP contribution in [-0.4, -0.2) is 48.1 Å². The second kappa shape index (κ2) is 8.01. The van der Waals surface area contributed by atoms with Crippen molar-refractivity contribution in [1.82, 2.24) is 4.90 Å². The topological polar surface area (TPSA) is 75.7 Å². The maximum Gasteiger partial charge on any atom is 0.338 e. The third kappa shape index (κ3) is 4.48. The Labute approximate surface area is 139 Å². The Kier molecular flexibility index (Phi) is 6.04. The summed E-state index contributed by atoms with van der Waals surface area (Å²) in [5.74, 6) is -0.154. The van der Waals surface area contributed by atoms with Crippen LogP contribution in [0, 0.1) is 0 Å². The van der Waals surface area contributed by atoms with E-state index in [1.54, 1.807) is 34.9 Å². The average Bonchev–Trinajstić information content (AvgIpc) is 2.73. The van der Waals surface area contributed by atoms with E-state index in [1.807, 2.05) is 13.8 Å². The van der Waals surface area contributed by atoms with Gasteiger partial charge in [0.2, 0.25) is 5.91 Å². The number of amides is 2. The number of hydrogen-bond donors (Lipinski definition) is 1. The summed E-state index contributed by atoms with van der Waals surface area (Å²) in [6.45, 7) is 4.62. The largest absolute Gasteiger partial charge is 0.452 e. The minimum absolute atomic E-state index is 0.0709. The summed E-state index contributed by atoms with van der Waals surface area (Å²) in [5.41, 5.74) is 0.931. The third-order valence-electron chi connectivity index (χ3n) is 3.52. The molecule has 0 aromatic heterocycles. The van der Waals surface area contributed by atoms with Gasteiger partial charge in [0.15, 0.2) is 6.61 Å². The molecule has 0 spiro atoms. The molecule has 124 valence electrons. The molecule has 6 nitrogen and oxygen atoms in total. The Morgan fingerprint density at radius 2 is 2.04 bits per heavy atom. The Morgan fingerprint density at radius 3 is 2.74 bits per heavy atom. The average molecular weight is 336 g/mol. The van der Waals surface area contributed by atoms with Gasteiger partial charge in [0.25, 0.3) is 5.91 Å². The van der Waals surface area contributed by atoms with Crippen molar-refractivity contribution in [2.75, 3.05) is 30.8 Å². The standard InChI is InChI=1S/C16H20N2O4S/c1-3-18(4-2)15(20)10-22-16(21)11-5-6-13-12(9-11)17-14(19)7-8-23-13/h5-6,9H,3-4,7-8,10H2,1-2H3,(H,17,19). The quantitative estimate of drug-likeness (QED) is 0.834. The minimum atomic E-state index is -0.572. The van der Waals surface area contributed by atoms with E-state index in [9.17, 15) is 14.4 Å². The highest BCUT2D eigenvalue weighted by Gasteiger charge is 2.18. The van der Waals surface area contributed by atoms with E-state index >= 15 is 0 Å². The molecule has 2 rings (SSSR count). The zero-order valence-corrected chi connectivity index (χ0v) is 14.1. The van der Waals surface area contributed by atoms with Gasteiger partial charge >= 0.3 is 5.97 Å². The fourth-order valence-corrected chi connectivity index (χ4v) is 3.16. The van der Waals surface area contributed by atoms with Gasteiger partial charge in [-0.25, -0.2) is 4.79 Å². The highest BCUT2D eigenvalue weighted by atomic mass is 32.2. The molecule has 0 atom stereocenters. The lowest BCUT2D eigenvalue weighted by molar-refractivity contribution is -0.134. The van der Waals surface area contributed by atoms with Gasteiger partial charge in [0, 0.05) is 30.2 Å². The van der Waals surface area contributed by atoms with Crippen LogP contribution >= 0.6 is 11.8 Å². The van der Waals surface area contributed by atoms with Crippen LogP contribution < -0.4 is 5.32 Å². The van der Waals surface area contributed by atoms with Gasteiger partial charge in [-0.1, -0.05) is 0 Å². The van der Waals surface area contributed by atoms with E-state index in [0.717, 1.165) is 4.90 Å². The number of likely N-dealkylation sites (N-methyl/N-ethyl adjacent to an activating group) is 1. The number of nitrogens with zero attached hydrogens (tertiary/aromatic N) is 1. The van der Waals surface area contributed by atoms with E-state index in [4.69, 9.17) is 4.74 Å². The summed E-state index contributed by atoms with van der Waals surface area (Å²) in [7, 11) is 0. The van der Waals surface area contributed by atoms with Crippen molar-refractivity contribution in [1.29, 1.82) is 0 Å². The number of carbonyl (C=O) groups is 3. The van der Waals surface area contributed by atoms with Crippen molar-refractivity contribution in [3.8, 4) is 0 Å². The highest BCUT2D eigenvalue weighted by Crippen LogP contribution is 2.31. The third-order valence-corrected chi connectivity index (χ3v) is 4.59. The van der Waals surface area contributed by atoms with Crippen molar-refractivity contribution >= 4 is 35.2 Å². The van der Waals surface area contributed by atoms with Crippen LogP contribution in [0.2, 0.25) is 0 Å². The molecule has 0 radical (unpaired) electrons. The summed E-state index contributed by atoms with van der Waals surface area (Å²) in [4.78, 5) is 38.1. The zero-order valence-electron chi connectivity index (χ0n) is 13.3. The van der Waals surface area contributed by atoms with E-state index in [1.165, 1.54) is 0 Å². The summed E-state index contributed by atoms with van der Waals surface area (Å²) in [6, 6.07) is 5.03. The van der Waals surface area contributed by atoms with E-state index in [0.29, 0.717) is 36.5 Å². The lowest BCUT2D eigenvalue weighted by Gasteiger charge is -2.18. The number of nitrogens with one attached hydrogen (secondary N) is 1. The number of carbonyl (C=O) groups excluding carboxylic acids is 3. The maximum absolute atomic E-state index is 12.1. The first-order valence-electron chi connectivity index (χ1n) is 7.56. The Morgan fingerprint density at radius 1 is 1.30 bits per heavy atom. The molecule has 1 N–H and O–H groups in total. The second-order valence-corrected chi connectivity index (χ2v) is 6.14. The number of ether oxygens (including phenoxy) is 1. The van der Waals surface area contributed by atoms with Crippen LogP contribution in [0.1, 0.15) is 30.6 Å². The first-order chi connectivity index (χ1) is 11.0. The fraction of sp³-hybridized carbons (Fsp3) is 0.438. The van der Waals surface area contributed by atoms with Gasteiger partial charge in [-0.3, -0.25) is 9.59 Å². The normalized spacial score (nSPS) is 13.6. The van der Waals surface area contributed by atoms with Crippen LogP contribution in [0.5, 0.6) is 0 Å². The molecule has 0 saturated heterocycles. The van der Waals surface area contributed by atoms with Crippen molar-refractivity contribution in [3.05, 3.63) is 23.8 Å². The first-order valence-corrected chi connectivity index (χ1v) is 8.55. The predicted molar refractivity (Wildman–Crippen MR) is 88.6 cm³/mol. The Hall–Kier alpha value is -2.02. The number of anilines is 1. The number of rotatable bonds is 5. The summed E-state index contributed by atoms with van der Waals surface area (Å²) >= 11 is 1.57. The molecular formula is C16H20N2O4S. The molecule has 23 heavy (non-hydrogen) atoms. The van der Waals surface area contributed by atoms with Gasteiger partial charge < -0.3 is 15.0 Å². The lowest BCUT2D eigenvalue weighted by Crippen LogP contribution is -2.34.